The van der Waals surface area contributed by atoms with Crippen LogP contribution in [0, 0.1) is 5.92 Å². The molecular formula is C16H20N2S2. The summed E-state index contributed by atoms with van der Waals surface area (Å²) in [7, 11) is 0. The molecule has 0 saturated carbocycles. The molecule has 0 heterocycles. The van der Waals surface area contributed by atoms with Gasteiger partial charge in [0.15, 0.2) is 0 Å². The van der Waals surface area contributed by atoms with Gasteiger partial charge in [0.25, 0.3) is 0 Å². The number of benzene rings is 2. The molecule has 0 aliphatic heterocycles. The molecule has 1 unspecified atom stereocenters. The van der Waals surface area contributed by atoms with E-state index in [4.69, 9.17) is 18.0 Å². The van der Waals surface area contributed by atoms with Crippen molar-refractivity contribution in [1.29, 1.82) is 0 Å². The molecule has 2 aromatic carbocycles. The molecule has 0 aliphatic carbocycles. The molecule has 2 rings (SSSR count). The Morgan fingerprint density at radius 1 is 1.25 bits per heavy atom. The largest absolute Gasteiger partial charge is 0.389 e. The predicted molar refractivity (Wildman–Crippen MR) is 95.9 cm³/mol. The van der Waals surface area contributed by atoms with Crippen molar-refractivity contribution < 1.29 is 0 Å². The minimum atomic E-state index is 0.448. The average Bonchev–Trinajstić information content (AvgIpc) is 2.44. The minimum Gasteiger partial charge on any atom is -0.389 e. The number of anilines is 1. The highest BCUT2D eigenvalue weighted by atomic mass is 32.2. The van der Waals surface area contributed by atoms with Crippen LogP contribution in [0.15, 0.2) is 36.4 Å². The fourth-order valence-corrected chi connectivity index (χ4v) is 3.16. The Balaban J connectivity index is 2.31. The van der Waals surface area contributed by atoms with E-state index in [2.05, 4.69) is 36.7 Å². The maximum absolute atomic E-state index is 5.80. The van der Waals surface area contributed by atoms with Crippen LogP contribution in [0.2, 0.25) is 0 Å². The second-order valence-corrected chi connectivity index (χ2v) is 6.36. The van der Waals surface area contributed by atoms with Gasteiger partial charge >= 0.3 is 0 Å². The first-order valence-corrected chi connectivity index (χ1v) is 8.48. The molecule has 0 aliphatic rings. The third-order valence-electron chi connectivity index (χ3n) is 3.28. The zero-order valence-electron chi connectivity index (χ0n) is 11.8. The summed E-state index contributed by atoms with van der Waals surface area (Å²) in [5.41, 5.74) is 7.89. The van der Waals surface area contributed by atoms with E-state index in [-0.39, 0.29) is 0 Å². The van der Waals surface area contributed by atoms with Crippen LogP contribution in [0.4, 0.5) is 5.69 Å². The maximum atomic E-state index is 5.80. The summed E-state index contributed by atoms with van der Waals surface area (Å²) >= 11 is 7.01. The van der Waals surface area contributed by atoms with Crippen molar-refractivity contribution in [3.8, 4) is 0 Å². The Morgan fingerprint density at radius 3 is 2.60 bits per heavy atom. The molecule has 3 N–H and O–H groups in total. The van der Waals surface area contributed by atoms with E-state index < -0.39 is 0 Å². The second-order valence-electron chi connectivity index (χ2n) is 5.01. The summed E-state index contributed by atoms with van der Waals surface area (Å²) in [6, 6.07) is 12.3. The van der Waals surface area contributed by atoms with E-state index in [0.717, 1.165) is 28.9 Å². The van der Waals surface area contributed by atoms with Crippen molar-refractivity contribution in [3.63, 3.8) is 0 Å². The quantitative estimate of drug-likeness (QED) is 0.794. The van der Waals surface area contributed by atoms with E-state index >= 15 is 0 Å². The van der Waals surface area contributed by atoms with Gasteiger partial charge in [-0.25, -0.2) is 0 Å². The number of hydrogen-bond donors (Lipinski definition) is 2. The van der Waals surface area contributed by atoms with Gasteiger partial charge in [0, 0.05) is 23.2 Å². The van der Waals surface area contributed by atoms with Crippen LogP contribution in [0.3, 0.4) is 0 Å². The molecule has 20 heavy (non-hydrogen) atoms. The highest BCUT2D eigenvalue weighted by Crippen LogP contribution is 2.27. The number of thiocarbonyl (C=S) groups is 1. The molecular weight excluding hydrogens is 284 g/mol. The topological polar surface area (TPSA) is 38.0 Å². The van der Waals surface area contributed by atoms with Crippen LogP contribution in [0.25, 0.3) is 10.8 Å². The molecule has 0 spiro atoms. The number of nitrogens with one attached hydrogen (secondary N) is 1. The van der Waals surface area contributed by atoms with Crippen molar-refractivity contribution in [2.24, 2.45) is 11.7 Å². The zero-order valence-corrected chi connectivity index (χ0v) is 13.5. The summed E-state index contributed by atoms with van der Waals surface area (Å²) in [6.07, 6.45) is 2.14. The minimum absolute atomic E-state index is 0.448. The Bertz CT molecular complexity index is 610. The van der Waals surface area contributed by atoms with Crippen molar-refractivity contribution in [2.75, 3.05) is 23.9 Å². The van der Waals surface area contributed by atoms with E-state index in [1.165, 1.54) is 5.39 Å². The van der Waals surface area contributed by atoms with Crippen molar-refractivity contribution >= 4 is 45.4 Å². The van der Waals surface area contributed by atoms with E-state index in [1.807, 2.05) is 30.0 Å². The third-order valence-corrected chi connectivity index (χ3v) is 4.40. The molecule has 0 radical (unpaired) electrons. The lowest BCUT2D eigenvalue weighted by molar-refractivity contribution is 0.702. The first kappa shape index (κ1) is 15.1. The van der Waals surface area contributed by atoms with Crippen LogP contribution in [0.1, 0.15) is 12.5 Å². The predicted octanol–water partition coefficient (Wildman–Crippen LogP) is 3.89. The Labute approximate surface area is 130 Å². The van der Waals surface area contributed by atoms with Crippen LogP contribution < -0.4 is 11.1 Å². The van der Waals surface area contributed by atoms with E-state index in [1.54, 1.807) is 0 Å². The van der Waals surface area contributed by atoms with Crippen molar-refractivity contribution in [1.82, 2.24) is 0 Å². The Kier molecular flexibility index (Phi) is 5.26. The molecule has 2 aromatic rings. The highest BCUT2D eigenvalue weighted by molar-refractivity contribution is 7.98. The van der Waals surface area contributed by atoms with Crippen molar-refractivity contribution in [2.45, 2.75) is 6.92 Å². The lowest BCUT2D eigenvalue weighted by Gasteiger charge is -2.15. The normalized spacial score (nSPS) is 12.3. The number of rotatable bonds is 6. The summed E-state index contributed by atoms with van der Waals surface area (Å²) in [5.74, 6) is 1.80. The molecule has 106 valence electrons. The van der Waals surface area contributed by atoms with Gasteiger partial charge in [-0.3, -0.25) is 0 Å². The third kappa shape index (κ3) is 3.44. The van der Waals surface area contributed by atoms with Gasteiger partial charge in [-0.05, 0) is 35.4 Å². The van der Waals surface area contributed by atoms with Crippen LogP contribution in [-0.4, -0.2) is 23.5 Å². The fourth-order valence-electron chi connectivity index (χ4n) is 2.30. The molecule has 0 saturated heterocycles. The SMILES string of the molecule is CSCC(C)CNc1ccc(C(N)=S)c2ccccc12. The second kappa shape index (κ2) is 6.95. The number of nitrogens with two attached hydrogens (primary N) is 1. The van der Waals surface area contributed by atoms with Gasteiger partial charge in [-0.1, -0.05) is 43.4 Å². The smallest absolute Gasteiger partial charge is 0.104 e. The van der Waals surface area contributed by atoms with Crippen LogP contribution in [0.5, 0.6) is 0 Å². The standard InChI is InChI=1S/C16H20N2S2/c1-11(10-20-2)9-18-15-8-7-14(16(17)19)12-5-3-4-6-13(12)15/h3-8,11,18H,9-10H2,1-2H3,(H2,17,19). The lowest BCUT2D eigenvalue weighted by Crippen LogP contribution is -2.14. The van der Waals surface area contributed by atoms with Gasteiger partial charge in [0.05, 0.1) is 0 Å². The van der Waals surface area contributed by atoms with Gasteiger partial charge in [0.2, 0.25) is 0 Å². The number of fused-ring (bicyclic) bond motifs is 1. The first-order chi connectivity index (χ1) is 9.63. The molecule has 0 amide bonds. The van der Waals surface area contributed by atoms with Crippen LogP contribution in [-0.2, 0) is 0 Å². The van der Waals surface area contributed by atoms with Gasteiger partial charge in [-0.15, -0.1) is 0 Å². The summed E-state index contributed by atoms with van der Waals surface area (Å²) in [5, 5.41) is 5.83. The maximum Gasteiger partial charge on any atom is 0.104 e. The molecule has 0 bridgehead atoms. The van der Waals surface area contributed by atoms with E-state index in [0.29, 0.717) is 10.9 Å². The van der Waals surface area contributed by atoms with Gasteiger partial charge < -0.3 is 11.1 Å². The average molecular weight is 304 g/mol. The van der Waals surface area contributed by atoms with Crippen molar-refractivity contribution in [3.05, 3.63) is 42.0 Å². The monoisotopic (exact) mass is 304 g/mol. The molecule has 1 atom stereocenters. The Morgan fingerprint density at radius 2 is 1.95 bits per heavy atom. The summed E-state index contributed by atoms with van der Waals surface area (Å²) in [6.45, 7) is 3.23. The van der Waals surface area contributed by atoms with Gasteiger partial charge in [-0.2, -0.15) is 11.8 Å². The number of hydrogen-bond acceptors (Lipinski definition) is 3. The fraction of sp³-hybridized carbons (Fsp3) is 0.312. The van der Waals surface area contributed by atoms with Gasteiger partial charge in [0.1, 0.15) is 4.99 Å². The Hall–Kier alpha value is -1.26. The summed E-state index contributed by atoms with van der Waals surface area (Å²) < 4.78 is 0. The first-order valence-electron chi connectivity index (χ1n) is 6.68. The molecule has 0 fully saturated rings. The molecule has 0 aromatic heterocycles. The van der Waals surface area contributed by atoms with E-state index in [9.17, 15) is 0 Å². The van der Waals surface area contributed by atoms with Crippen LogP contribution >= 0.6 is 24.0 Å². The lowest BCUT2D eigenvalue weighted by atomic mass is 10.0. The highest BCUT2D eigenvalue weighted by Gasteiger charge is 2.08. The molecule has 4 heteroatoms. The molecule has 2 nitrogen and oxygen atoms in total. The summed E-state index contributed by atoms with van der Waals surface area (Å²) in [4.78, 5) is 0.448. The zero-order chi connectivity index (χ0) is 14.5. The number of thioether (sulfide) groups is 1.